The van der Waals surface area contributed by atoms with Crippen LogP contribution >= 0.6 is 11.3 Å². The molecule has 6 nitrogen and oxygen atoms in total. The number of ether oxygens (including phenoxy) is 1. The predicted octanol–water partition coefficient (Wildman–Crippen LogP) is 3.86. The van der Waals surface area contributed by atoms with Crippen LogP contribution in [0.3, 0.4) is 0 Å². The molecule has 124 valence electrons. The van der Waals surface area contributed by atoms with E-state index in [9.17, 15) is 9.90 Å². The van der Waals surface area contributed by atoms with Gasteiger partial charge in [-0.2, -0.15) is 0 Å². The number of aromatic carboxylic acids is 1. The lowest BCUT2D eigenvalue weighted by molar-refractivity contribution is 0.0702. The van der Waals surface area contributed by atoms with Gasteiger partial charge in [-0.05, 0) is 12.1 Å². The third kappa shape index (κ3) is 2.64. The fraction of sp³-hybridized carbons (Fsp3) is 0.0556. The average Bonchev–Trinajstić information content (AvgIpc) is 3.26. The molecule has 0 fully saturated rings. The Morgan fingerprint density at radius 1 is 1.20 bits per heavy atom. The number of carboxylic acid groups (broad SMARTS) is 1. The first kappa shape index (κ1) is 15.3. The minimum absolute atomic E-state index is 0.205. The zero-order valence-electron chi connectivity index (χ0n) is 13.2. The van der Waals surface area contributed by atoms with Gasteiger partial charge in [0.2, 0.25) is 0 Å². The van der Waals surface area contributed by atoms with Gasteiger partial charge in [0, 0.05) is 11.6 Å². The highest BCUT2D eigenvalue weighted by molar-refractivity contribution is 7.16. The molecule has 1 N–H and O–H groups in total. The van der Waals surface area contributed by atoms with Gasteiger partial charge >= 0.3 is 5.97 Å². The molecule has 2 heterocycles. The molecular formula is C18H13N3O3S. The molecule has 2 aromatic carbocycles. The number of methoxy groups -OCH3 is 1. The fourth-order valence-electron chi connectivity index (χ4n) is 2.62. The average molecular weight is 351 g/mol. The van der Waals surface area contributed by atoms with Crippen molar-refractivity contribution >= 4 is 28.3 Å². The molecule has 0 saturated heterocycles. The molecule has 4 aromatic rings. The van der Waals surface area contributed by atoms with E-state index >= 15 is 0 Å². The number of fused-ring (bicyclic) bond motifs is 1. The van der Waals surface area contributed by atoms with E-state index in [1.807, 2.05) is 48.5 Å². The summed E-state index contributed by atoms with van der Waals surface area (Å²) in [5, 5.41) is 10.1. The van der Waals surface area contributed by atoms with Crippen LogP contribution in [0, 0.1) is 0 Å². The lowest BCUT2D eigenvalue weighted by atomic mass is 10.1. The molecule has 0 radical (unpaired) electrons. The summed E-state index contributed by atoms with van der Waals surface area (Å²) in [4.78, 5) is 20.8. The molecular weight excluding hydrogens is 338 g/mol. The topological polar surface area (TPSA) is 77.2 Å². The normalized spacial score (nSPS) is 10.9. The summed E-state index contributed by atoms with van der Waals surface area (Å²) in [7, 11) is 1.60. The van der Waals surface area contributed by atoms with Crippen LogP contribution in [0.1, 0.15) is 9.67 Å². The van der Waals surface area contributed by atoms with Gasteiger partial charge < -0.3 is 9.84 Å². The zero-order chi connectivity index (χ0) is 17.4. The summed E-state index contributed by atoms with van der Waals surface area (Å²) in [5.74, 6) is -0.276. The number of imidazole rings is 1. The van der Waals surface area contributed by atoms with Crippen molar-refractivity contribution < 1.29 is 14.6 Å². The maximum atomic E-state index is 11.7. The summed E-state index contributed by atoms with van der Waals surface area (Å²) >= 11 is 1.13. The predicted molar refractivity (Wildman–Crippen MR) is 95.7 cm³/mol. The Hall–Kier alpha value is -3.19. The Kier molecular flexibility index (Phi) is 3.70. The molecule has 2 aromatic heterocycles. The fourth-order valence-corrected chi connectivity index (χ4v) is 3.53. The standard InChI is InChI=1S/C18H13N3O3S/c1-24-12-7-8-14-13(9-12)19-10-21(14)18-20-15(16(25-18)17(22)23)11-5-3-2-4-6-11/h2-10H,1H3,(H,22,23). The molecule has 0 aliphatic heterocycles. The first-order valence-electron chi connectivity index (χ1n) is 7.48. The first-order chi connectivity index (χ1) is 12.2. The quantitative estimate of drug-likeness (QED) is 0.604. The number of carbonyl (C=O) groups is 1. The Balaban J connectivity index is 1.88. The molecule has 25 heavy (non-hydrogen) atoms. The Bertz CT molecular complexity index is 1070. The molecule has 0 bridgehead atoms. The number of hydrogen-bond acceptors (Lipinski definition) is 5. The van der Waals surface area contributed by atoms with Gasteiger partial charge in [-0.1, -0.05) is 41.7 Å². The van der Waals surface area contributed by atoms with E-state index < -0.39 is 5.97 Å². The van der Waals surface area contributed by atoms with Crippen LogP contribution in [0.15, 0.2) is 54.9 Å². The molecule has 0 atom stereocenters. The molecule has 4 rings (SSSR count). The van der Waals surface area contributed by atoms with E-state index in [0.717, 1.165) is 27.9 Å². The minimum atomic E-state index is -0.992. The summed E-state index contributed by atoms with van der Waals surface area (Å²) in [6.45, 7) is 0. The second-order valence-electron chi connectivity index (χ2n) is 5.31. The lowest BCUT2D eigenvalue weighted by Gasteiger charge is -2.01. The maximum absolute atomic E-state index is 11.7. The number of rotatable bonds is 4. The van der Waals surface area contributed by atoms with Crippen LogP contribution in [0.25, 0.3) is 27.4 Å². The smallest absolute Gasteiger partial charge is 0.348 e. The molecule has 0 spiro atoms. The Labute approximate surface area is 147 Å². The number of aromatic nitrogens is 3. The lowest BCUT2D eigenvalue weighted by Crippen LogP contribution is -1.95. The number of carboxylic acids is 1. The van der Waals surface area contributed by atoms with Crippen LogP contribution < -0.4 is 4.74 Å². The van der Waals surface area contributed by atoms with Crippen LogP contribution in [0.2, 0.25) is 0 Å². The van der Waals surface area contributed by atoms with Crippen molar-refractivity contribution in [3.63, 3.8) is 0 Å². The minimum Gasteiger partial charge on any atom is -0.497 e. The molecule has 0 aliphatic rings. The zero-order valence-corrected chi connectivity index (χ0v) is 14.0. The van der Waals surface area contributed by atoms with Crippen molar-refractivity contribution in [2.45, 2.75) is 0 Å². The van der Waals surface area contributed by atoms with Crippen molar-refractivity contribution in [2.24, 2.45) is 0 Å². The summed E-state index contributed by atoms with van der Waals surface area (Å²) in [6.07, 6.45) is 1.64. The van der Waals surface area contributed by atoms with E-state index in [4.69, 9.17) is 4.74 Å². The molecule has 0 aliphatic carbocycles. The van der Waals surface area contributed by atoms with Crippen LogP contribution in [0.5, 0.6) is 5.75 Å². The van der Waals surface area contributed by atoms with Gasteiger partial charge in [0.1, 0.15) is 17.0 Å². The Morgan fingerprint density at radius 3 is 2.72 bits per heavy atom. The van der Waals surface area contributed by atoms with Gasteiger partial charge in [0.05, 0.1) is 23.8 Å². The highest BCUT2D eigenvalue weighted by Crippen LogP contribution is 2.32. The van der Waals surface area contributed by atoms with Crippen LogP contribution in [-0.2, 0) is 0 Å². The third-order valence-electron chi connectivity index (χ3n) is 3.82. The largest absolute Gasteiger partial charge is 0.497 e. The highest BCUT2D eigenvalue weighted by Gasteiger charge is 2.20. The second kappa shape index (κ2) is 6.03. The molecule has 7 heteroatoms. The maximum Gasteiger partial charge on any atom is 0.348 e. The molecule has 0 amide bonds. The summed E-state index contributed by atoms with van der Waals surface area (Å²) in [6, 6.07) is 14.8. The van der Waals surface area contributed by atoms with Crippen molar-refractivity contribution in [3.05, 3.63) is 59.7 Å². The van der Waals surface area contributed by atoms with E-state index in [2.05, 4.69) is 9.97 Å². The van der Waals surface area contributed by atoms with Gasteiger partial charge in [0.25, 0.3) is 0 Å². The number of hydrogen-bond donors (Lipinski definition) is 1. The van der Waals surface area contributed by atoms with E-state index in [0.29, 0.717) is 16.6 Å². The Morgan fingerprint density at radius 2 is 2.00 bits per heavy atom. The monoisotopic (exact) mass is 351 g/mol. The summed E-state index contributed by atoms with van der Waals surface area (Å²) < 4.78 is 7.00. The number of benzene rings is 2. The van der Waals surface area contributed by atoms with Gasteiger partial charge in [0.15, 0.2) is 5.13 Å². The van der Waals surface area contributed by atoms with Crippen molar-refractivity contribution in [1.29, 1.82) is 0 Å². The third-order valence-corrected chi connectivity index (χ3v) is 4.86. The van der Waals surface area contributed by atoms with Gasteiger partial charge in [-0.3, -0.25) is 4.57 Å². The SMILES string of the molecule is COc1ccc2c(c1)ncn2-c1nc(-c2ccccc2)c(C(=O)O)s1. The summed E-state index contributed by atoms with van der Waals surface area (Å²) in [5.41, 5.74) is 2.83. The molecule has 0 unspecified atom stereocenters. The van der Waals surface area contributed by atoms with Crippen molar-refractivity contribution in [2.75, 3.05) is 7.11 Å². The van der Waals surface area contributed by atoms with Crippen molar-refractivity contribution in [1.82, 2.24) is 14.5 Å². The van der Waals surface area contributed by atoms with Crippen molar-refractivity contribution in [3.8, 4) is 22.1 Å². The molecule has 0 saturated carbocycles. The second-order valence-corrected chi connectivity index (χ2v) is 6.29. The van der Waals surface area contributed by atoms with Crippen LogP contribution in [0.4, 0.5) is 0 Å². The number of thiazole rings is 1. The van der Waals surface area contributed by atoms with Gasteiger partial charge in [-0.25, -0.2) is 14.8 Å². The highest BCUT2D eigenvalue weighted by atomic mass is 32.1. The van der Waals surface area contributed by atoms with E-state index in [1.54, 1.807) is 18.0 Å². The number of nitrogens with zero attached hydrogens (tertiary/aromatic N) is 3. The van der Waals surface area contributed by atoms with Crippen LogP contribution in [-0.4, -0.2) is 32.7 Å². The van der Waals surface area contributed by atoms with E-state index in [-0.39, 0.29) is 4.88 Å². The first-order valence-corrected chi connectivity index (χ1v) is 8.30. The van der Waals surface area contributed by atoms with Gasteiger partial charge in [-0.15, -0.1) is 0 Å². The van der Waals surface area contributed by atoms with E-state index in [1.165, 1.54) is 0 Å².